The fourth-order valence-electron chi connectivity index (χ4n) is 3.20. The first kappa shape index (κ1) is 20.4. The highest BCUT2D eigenvalue weighted by molar-refractivity contribution is 7.89. The van der Waals surface area contributed by atoms with Crippen LogP contribution in [-0.2, 0) is 10.0 Å². The second kappa shape index (κ2) is 8.81. The molecule has 28 heavy (non-hydrogen) atoms. The van der Waals surface area contributed by atoms with Crippen molar-refractivity contribution in [2.45, 2.75) is 11.8 Å². The van der Waals surface area contributed by atoms with Gasteiger partial charge in [0.2, 0.25) is 10.0 Å². The number of rotatable bonds is 6. The molecule has 6 nitrogen and oxygen atoms in total. The fourth-order valence-corrected chi connectivity index (χ4v) is 4.62. The van der Waals surface area contributed by atoms with Crippen LogP contribution in [0.15, 0.2) is 53.4 Å². The summed E-state index contributed by atoms with van der Waals surface area (Å²) in [6, 6.07) is 12.3. The van der Waals surface area contributed by atoms with Crippen LogP contribution in [-0.4, -0.2) is 62.8 Å². The molecule has 0 bridgehead atoms. The van der Waals surface area contributed by atoms with Gasteiger partial charge in [-0.05, 0) is 42.8 Å². The summed E-state index contributed by atoms with van der Waals surface area (Å²) >= 11 is 0. The first-order valence-electron chi connectivity index (χ1n) is 9.20. The second-order valence-electron chi connectivity index (χ2n) is 6.77. The highest BCUT2D eigenvalue weighted by Gasteiger charge is 2.28. The van der Waals surface area contributed by atoms with E-state index >= 15 is 0 Å². The van der Waals surface area contributed by atoms with Crippen LogP contribution < -0.4 is 5.32 Å². The largest absolute Gasteiger partial charge is 0.351 e. The fraction of sp³-hybridized carbons (Fsp3) is 0.350. The number of sulfonamides is 1. The third-order valence-electron chi connectivity index (χ3n) is 4.89. The van der Waals surface area contributed by atoms with E-state index < -0.39 is 15.8 Å². The highest BCUT2D eigenvalue weighted by Crippen LogP contribution is 2.18. The van der Waals surface area contributed by atoms with Gasteiger partial charge in [-0.2, -0.15) is 4.31 Å². The van der Waals surface area contributed by atoms with Gasteiger partial charge in [-0.3, -0.25) is 9.69 Å². The van der Waals surface area contributed by atoms with Crippen LogP contribution in [0.3, 0.4) is 0 Å². The molecule has 0 atom stereocenters. The van der Waals surface area contributed by atoms with Crippen molar-refractivity contribution in [3.8, 4) is 0 Å². The molecule has 0 aliphatic carbocycles. The predicted molar refractivity (Wildman–Crippen MR) is 105 cm³/mol. The number of nitrogens with one attached hydrogen (secondary N) is 1. The summed E-state index contributed by atoms with van der Waals surface area (Å²) in [5.41, 5.74) is 1.59. The molecule has 1 aliphatic rings. The Hall–Kier alpha value is -2.29. The number of hydrogen-bond acceptors (Lipinski definition) is 4. The quantitative estimate of drug-likeness (QED) is 0.797. The minimum Gasteiger partial charge on any atom is -0.351 e. The van der Waals surface area contributed by atoms with Gasteiger partial charge in [-0.25, -0.2) is 12.8 Å². The third kappa shape index (κ3) is 4.76. The molecule has 2 aromatic carbocycles. The third-order valence-corrected chi connectivity index (χ3v) is 6.80. The zero-order valence-electron chi connectivity index (χ0n) is 15.8. The van der Waals surface area contributed by atoms with Gasteiger partial charge < -0.3 is 5.32 Å². The van der Waals surface area contributed by atoms with Crippen LogP contribution in [0.2, 0.25) is 0 Å². The van der Waals surface area contributed by atoms with Gasteiger partial charge in [0.25, 0.3) is 5.91 Å². The molecule has 0 radical (unpaired) electrons. The summed E-state index contributed by atoms with van der Waals surface area (Å²) in [6.07, 6.45) is 0. The second-order valence-corrected chi connectivity index (χ2v) is 8.71. The molecule has 1 amide bonds. The molecule has 2 aromatic rings. The van der Waals surface area contributed by atoms with Gasteiger partial charge in [-0.15, -0.1) is 0 Å². The van der Waals surface area contributed by atoms with Crippen LogP contribution >= 0.6 is 0 Å². The zero-order chi connectivity index (χ0) is 20.1. The number of hydrogen-bond donors (Lipinski definition) is 1. The van der Waals surface area contributed by atoms with E-state index in [1.165, 1.54) is 16.4 Å². The molecular weight excluding hydrogens is 381 g/mol. The minimum absolute atomic E-state index is 0.101. The van der Waals surface area contributed by atoms with Gasteiger partial charge in [0.15, 0.2) is 0 Å². The Labute approximate surface area is 165 Å². The van der Waals surface area contributed by atoms with E-state index in [9.17, 15) is 17.6 Å². The van der Waals surface area contributed by atoms with Crippen molar-refractivity contribution in [2.75, 3.05) is 39.3 Å². The maximum Gasteiger partial charge on any atom is 0.251 e. The highest BCUT2D eigenvalue weighted by atomic mass is 32.2. The molecule has 0 aromatic heterocycles. The molecule has 1 fully saturated rings. The van der Waals surface area contributed by atoms with E-state index in [-0.39, 0.29) is 10.8 Å². The average molecular weight is 405 g/mol. The number of nitrogens with zero attached hydrogens (tertiary/aromatic N) is 2. The Morgan fingerprint density at radius 1 is 1.04 bits per heavy atom. The first-order chi connectivity index (χ1) is 13.4. The van der Waals surface area contributed by atoms with Crippen LogP contribution in [0.25, 0.3) is 0 Å². The Balaban J connectivity index is 1.47. The first-order valence-corrected chi connectivity index (χ1v) is 10.6. The summed E-state index contributed by atoms with van der Waals surface area (Å²) in [5, 5.41) is 2.91. The Bertz CT molecular complexity index is 924. The van der Waals surface area contributed by atoms with Gasteiger partial charge >= 0.3 is 0 Å². The van der Waals surface area contributed by atoms with Gasteiger partial charge in [0.05, 0.1) is 4.90 Å². The smallest absolute Gasteiger partial charge is 0.251 e. The Kier molecular flexibility index (Phi) is 6.43. The van der Waals surface area contributed by atoms with Gasteiger partial charge in [-0.1, -0.05) is 18.2 Å². The number of aryl methyl sites for hydroxylation is 1. The minimum atomic E-state index is -3.61. The van der Waals surface area contributed by atoms with Crippen molar-refractivity contribution in [1.82, 2.24) is 14.5 Å². The number of carbonyl (C=O) groups excluding carboxylic acids is 1. The summed E-state index contributed by atoms with van der Waals surface area (Å²) < 4.78 is 39.7. The maximum atomic E-state index is 13.0. The molecule has 1 saturated heterocycles. The van der Waals surface area contributed by atoms with Crippen LogP contribution in [0.4, 0.5) is 4.39 Å². The molecule has 3 rings (SSSR count). The number of benzene rings is 2. The van der Waals surface area contributed by atoms with Gasteiger partial charge in [0.1, 0.15) is 5.82 Å². The topological polar surface area (TPSA) is 69.7 Å². The lowest BCUT2D eigenvalue weighted by Gasteiger charge is -2.34. The summed E-state index contributed by atoms with van der Waals surface area (Å²) in [5.74, 6) is -0.563. The molecule has 8 heteroatoms. The summed E-state index contributed by atoms with van der Waals surface area (Å²) in [7, 11) is -3.61. The number of amides is 1. The Morgan fingerprint density at radius 3 is 2.32 bits per heavy atom. The van der Waals surface area contributed by atoms with Crippen LogP contribution in [0.1, 0.15) is 15.9 Å². The lowest BCUT2D eigenvalue weighted by atomic mass is 10.1. The lowest BCUT2D eigenvalue weighted by molar-refractivity contribution is 0.0944. The summed E-state index contributed by atoms with van der Waals surface area (Å²) in [6.45, 7) is 4.95. The molecular formula is C20H24FN3O3S. The van der Waals surface area contributed by atoms with E-state index in [2.05, 4.69) is 10.2 Å². The van der Waals surface area contributed by atoms with Crippen LogP contribution in [0, 0.1) is 12.7 Å². The monoisotopic (exact) mass is 405 g/mol. The van der Waals surface area contributed by atoms with E-state index in [1.807, 2.05) is 25.1 Å². The molecule has 1 N–H and O–H groups in total. The normalized spacial score (nSPS) is 16.1. The van der Waals surface area contributed by atoms with Crippen molar-refractivity contribution in [3.05, 3.63) is 65.5 Å². The number of carbonyl (C=O) groups is 1. The lowest BCUT2D eigenvalue weighted by Crippen LogP contribution is -2.50. The molecule has 150 valence electrons. The van der Waals surface area contributed by atoms with E-state index in [1.54, 1.807) is 6.07 Å². The average Bonchev–Trinajstić information content (AvgIpc) is 2.69. The van der Waals surface area contributed by atoms with E-state index in [4.69, 9.17) is 0 Å². The van der Waals surface area contributed by atoms with Crippen molar-refractivity contribution >= 4 is 15.9 Å². The number of piperazine rings is 1. The van der Waals surface area contributed by atoms with Crippen molar-refractivity contribution in [1.29, 1.82) is 0 Å². The zero-order valence-corrected chi connectivity index (χ0v) is 16.6. The van der Waals surface area contributed by atoms with E-state index in [0.29, 0.717) is 44.8 Å². The molecule has 0 saturated carbocycles. The van der Waals surface area contributed by atoms with Crippen molar-refractivity contribution in [2.24, 2.45) is 0 Å². The predicted octanol–water partition coefficient (Wildman–Crippen LogP) is 1.87. The SMILES string of the molecule is Cc1ccccc1C(=O)NCCN1CCN(S(=O)(=O)c2ccc(F)cc2)CC1. The van der Waals surface area contributed by atoms with Gasteiger partial charge in [0, 0.05) is 44.8 Å². The molecule has 0 unspecified atom stereocenters. The molecule has 0 spiro atoms. The van der Waals surface area contributed by atoms with Crippen molar-refractivity contribution < 1.29 is 17.6 Å². The molecule has 1 aliphatic heterocycles. The molecule has 1 heterocycles. The standard InChI is InChI=1S/C20H24FN3O3S/c1-16-4-2-3-5-19(16)20(25)22-10-11-23-12-14-24(15-13-23)28(26,27)18-8-6-17(21)7-9-18/h2-9H,10-15H2,1H3,(H,22,25). The van der Waals surface area contributed by atoms with Crippen LogP contribution in [0.5, 0.6) is 0 Å². The maximum absolute atomic E-state index is 13.0. The Morgan fingerprint density at radius 2 is 1.68 bits per heavy atom. The summed E-state index contributed by atoms with van der Waals surface area (Å²) in [4.78, 5) is 14.5. The van der Waals surface area contributed by atoms with Crippen molar-refractivity contribution in [3.63, 3.8) is 0 Å². The number of halogens is 1. The van der Waals surface area contributed by atoms with E-state index in [0.717, 1.165) is 17.7 Å².